The zero-order valence-corrected chi connectivity index (χ0v) is 10.3. The molecule has 0 saturated heterocycles. The zero-order valence-electron chi connectivity index (χ0n) is 10.3. The molecule has 0 bridgehead atoms. The van der Waals surface area contributed by atoms with Gasteiger partial charge in [-0.1, -0.05) is 0 Å². The highest BCUT2D eigenvalue weighted by atomic mass is 16.6. The summed E-state index contributed by atoms with van der Waals surface area (Å²) < 4.78 is 10.8. The molecule has 18 heavy (non-hydrogen) atoms. The number of hydrogen-bond acceptors (Lipinski definition) is 5. The molecule has 1 saturated carbocycles. The first-order chi connectivity index (χ1) is 8.74. The lowest BCUT2D eigenvalue weighted by Crippen LogP contribution is -2.11. The highest BCUT2D eigenvalue weighted by Crippen LogP contribution is 2.34. The molecule has 5 nitrogen and oxygen atoms in total. The fourth-order valence-electron chi connectivity index (χ4n) is 1.55. The first-order valence-corrected chi connectivity index (χ1v) is 5.96. The molecule has 0 atom stereocenters. The molecule has 0 unspecified atom stereocenters. The molecule has 1 aromatic carbocycles. The molecule has 2 N–H and O–H groups in total. The molecule has 1 aromatic rings. The molecule has 0 heterocycles. The highest BCUT2D eigenvalue weighted by Gasteiger charge is 2.32. The van der Waals surface area contributed by atoms with E-state index >= 15 is 0 Å². The minimum Gasteiger partial charge on any atom is -0.490 e. The van der Waals surface area contributed by atoms with Gasteiger partial charge in [0.2, 0.25) is 0 Å². The van der Waals surface area contributed by atoms with Gasteiger partial charge in [0.25, 0.3) is 0 Å². The topological polar surface area (TPSA) is 73.9 Å². The van der Waals surface area contributed by atoms with Crippen molar-refractivity contribution in [3.8, 4) is 11.5 Å². The molecule has 2 rings (SSSR count). The molecule has 5 heteroatoms. The Bertz CT molecular complexity index is 467. The maximum Gasteiger partial charge on any atom is 0.314 e. The zero-order chi connectivity index (χ0) is 13.0. The number of ether oxygens (including phenoxy) is 2. The Balaban J connectivity index is 2.18. The van der Waals surface area contributed by atoms with Gasteiger partial charge in [0.1, 0.15) is 0 Å². The summed E-state index contributed by atoms with van der Waals surface area (Å²) >= 11 is 0. The Labute approximate surface area is 106 Å². The van der Waals surface area contributed by atoms with E-state index < -0.39 is 0 Å². The number of carbonyl (C=O) groups excluding carboxylic acids is 1. The van der Waals surface area contributed by atoms with E-state index in [1.54, 1.807) is 18.2 Å². The highest BCUT2D eigenvalue weighted by molar-refractivity contribution is 5.82. The van der Waals surface area contributed by atoms with Crippen molar-refractivity contribution < 1.29 is 14.3 Å². The van der Waals surface area contributed by atoms with E-state index in [0.29, 0.717) is 18.1 Å². The number of nitrogens with two attached hydrogens (primary N) is 1. The second kappa shape index (κ2) is 5.53. The van der Waals surface area contributed by atoms with Crippen molar-refractivity contribution in [2.24, 2.45) is 16.9 Å². The summed E-state index contributed by atoms with van der Waals surface area (Å²) in [6, 6.07) is 5.21. The predicted molar refractivity (Wildman–Crippen MR) is 67.8 cm³/mol. The third-order valence-electron chi connectivity index (χ3n) is 2.61. The van der Waals surface area contributed by atoms with Crippen LogP contribution >= 0.6 is 0 Å². The molecule has 96 valence electrons. The maximum absolute atomic E-state index is 11.6. The average molecular weight is 248 g/mol. The van der Waals surface area contributed by atoms with Crippen LogP contribution in [0.3, 0.4) is 0 Å². The van der Waals surface area contributed by atoms with E-state index in [4.69, 9.17) is 15.3 Å². The molecule has 1 aliphatic rings. The quantitative estimate of drug-likeness (QED) is 0.283. The van der Waals surface area contributed by atoms with Crippen LogP contribution in [0.15, 0.2) is 23.3 Å². The van der Waals surface area contributed by atoms with Crippen molar-refractivity contribution in [1.82, 2.24) is 0 Å². The summed E-state index contributed by atoms with van der Waals surface area (Å²) in [5.41, 5.74) is 0.798. The second-order valence-electron chi connectivity index (χ2n) is 4.11. The summed E-state index contributed by atoms with van der Waals surface area (Å²) in [5, 5.41) is 3.45. The summed E-state index contributed by atoms with van der Waals surface area (Å²) in [4.78, 5) is 11.6. The van der Waals surface area contributed by atoms with Gasteiger partial charge in [-0.15, -0.1) is 0 Å². The van der Waals surface area contributed by atoms with Crippen molar-refractivity contribution in [3.05, 3.63) is 23.8 Å². The Morgan fingerprint density at radius 2 is 2.28 bits per heavy atom. The minimum absolute atomic E-state index is 0.0600. The normalized spacial score (nSPS) is 14.7. The Kier molecular flexibility index (Phi) is 3.82. The molecular formula is C13H16N2O3. The summed E-state index contributed by atoms with van der Waals surface area (Å²) in [7, 11) is 0. The number of rotatable bonds is 5. The van der Waals surface area contributed by atoms with E-state index in [-0.39, 0.29) is 11.9 Å². The third kappa shape index (κ3) is 3.00. The number of nitrogens with zero attached hydrogens (tertiary/aromatic N) is 1. The molecule has 0 aliphatic heterocycles. The third-order valence-corrected chi connectivity index (χ3v) is 2.61. The maximum atomic E-state index is 11.6. The number of benzene rings is 1. The van der Waals surface area contributed by atoms with Crippen molar-refractivity contribution in [1.29, 1.82) is 0 Å². The van der Waals surface area contributed by atoms with Crippen LogP contribution in [0.5, 0.6) is 11.5 Å². The van der Waals surface area contributed by atoms with Gasteiger partial charge in [0, 0.05) is 0 Å². The molecule has 0 aromatic heterocycles. The second-order valence-corrected chi connectivity index (χ2v) is 4.11. The van der Waals surface area contributed by atoms with Crippen LogP contribution in [0, 0.1) is 5.92 Å². The number of esters is 1. The van der Waals surface area contributed by atoms with E-state index in [1.165, 1.54) is 6.21 Å². The fraction of sp³-hybridized carbons (Fsp3) is 0.385. The molecule has 0 spiro atoms. The largest absolute Gasteiger partial charge is 0.490 e. The lowest BCUT2D eigenvalue weighted by molar-refractivity contribution is -0.135. The van der Waals surface area contributed by atoms with Crippen LogP contribution in [-0.2, 0) is 4.79 Å². The predicted octanol–water partition coefficient (Wildman–Crippen LogP) is 1.69. The van der Waals surface area contributed by atoms with Gasteiger partial charge < -0.3 is 15.3 Å². The van der Waals surface area contributed by atoms with Crippen molar-refractivity contribution in [3.63, 3.8) is 0 Å². The van der Waals surface area contributed by atoms with Crippen molar-refractivity contribution >= 4 is 12.2 Å². The molecule has 1 fully saturated rings. The van der Waals surface area contributed by atoms with Crippen LogP contribution in [0.2, 0.25) is 0 Å². The molecule has 0 radical (unpaired) electrons. The van der Waals surface area contributed by atoms with E-state index in [9.17, 15) is 4.79 Å². The first kappa shape index (κ1) is 12.4. The van der Waals surface area contributed by atoms with Gasteiger partial charge in [-0.3, -0.25) is 4.79 Å². The van der Waals surface area contributed by atoms with Crippen LogP contribution in [0.1, 0.15) is 25.3 Å². The number of carbonyl (C=O) groups is 1. The standard InChI is InChI=1S/C13H16N2O3/c1-2-17-12-7-9(8-15-14)3-6-11(12)18-13(16)10-4-5-10/h3,6-8,10H,2,4-5,14H2,1H3. The van der Waals surface area contributed by atoms with Gasteiger partial charge in [0.15, 0.2) is 11.5 Å². The first-order valence-electron chi connectivity index (χ1n) is 5.96. The SMILES string of the molecule is CCOc1cc(C=NN)ccc1OC(=O)C1CC1. The fourth-order valence-corrected chi connectivity index (χ4v) is 1.55. The van der Waals surface area contributed by atoms with E-state index in [1.807, 2.05) is 6.92 Å². The minimum atomic E-state index is -0.184. The Hall–Kier alpha value is -2.04. The monoisotopic (exact) mass is 248 g/mol. The molecular weight excluding hydrogens is 232 g/mol. The van der Waals surface area contributed by atoms with Crippen LogP contribution in [0.4, 0.5) is 0 Å². The summed E-state index contributed by atoms with van der Waals surface area (Å²) in [6.45, 7) is 2.37. The van der Waals surface area contributed by atoms with E-state index in [0.717, 1.165) is 18.4 Å². The smallest absolute Gasteiger partial charge is 0.314 e. The molecule has 1 aliphatic carbocycles. The van der Waals surface area contributed by atoms with Gasteiger partial charge in [-0.2, -0.15) is 5.10 Å². The summed E-state index contributed by atoms with van der Waals surface area (Å²) in [6.07, 6.45) is 3.34. The lowest BCUT2D eigenvalue weighted by Gasteiger charge is -2.10. The van der Waals surface area contributed by atoms with Crippen LogP contribution in [-0.4, -0.2) is 18.8 Å². The number of hydrazone groups is 1. The van der Waals surface area contributed by atoms with Crippen LogP contribution in [0.25, 0.3) is 0 Å². The average Bonchev–Trinajstić information content (AvgIpc) is 3.17. The Morgan fingerprint density at radius 1 is 1.50 bits per heavy atom. The number of hydrogen-bond donors (Lipinski definition) is 1. The Morgan fingerprint density at radius 3 is 2.89 bits per heavy atom. The van der Waals surface area contributed by atoms with Gasteiger partial charge in [0.05, 0.1) is 18.7 Å². The molecule has 0 amide bonds. The van der Waals surface area contributed by atoms with Crippen molar-refractivity contribution in [2.75, 3.05) is 6.61 Å². The summed E-state index contributed by atoms with van der Waals surface area (Å²) in [5.74, 6) is 5.95. The van der Waals surface area contributed by atoms with E-state index in [2.05, 4.69) is 5.10 Å². The van der Waals surface area contributed by atoms with Crippen LogP contribution < -0.4 is 15.3 Å². The van der Waals surface area contributed by atoms with Gasteiger partial charge in [-0.25, -0.2) is 0 Å². The lowest BCUT2D eigenvalue weighted by atomic mass is 10.2. The van der Waals surface area contributed by atoms with Crippen molar-refractivity contribution in [2.45, 2.75) is 19.8 Å². The van der Waals surface area contributed by atoms with Gasteiger partial charge in [-0.05, 0) is 43.5 Å². The van der Waals surface area contributed by atoms with Gasteiger partial charge >= 0.3 is 5.97 Å².